The molecule has 136 valence electrons. The molecule has 0 radical (unpaired) electrons. The first-order valence-electron chi connectivity index (χ1n) is 8.94. The molecule has 0 spiro atoms. The van der Waals surface area contributed by atoms with E-state index in [-0.39, 0.29) is 23.9 Å². The van der Waals surface area contributed by atoms with E-state index < -0.39 is 5.79 Å². The van der Waals surface area contributed by atoms with Crippen LogP contribution in [-0.2, 0) is 18.9 Å². The summed E-state index contributed by atoms with van der Waals surface area (Å²) < 4.78 is 24.2. The van der Waals surface area contributed by atoms with Gasteiger partial charge in [-0.1, -0.05) is 0 Å². The molecule has 2 saturated heterocycles. The Morgan fingerprint density at radius 2 is 1.83 bits per heavy atom. The second-order valence-electron chi connectivity index (χ2n) is 8.17. The number of ether oxygens (including phenoxy) is 4. The molecule has 2 heterocycles. The van der Waals surface area contributed by atoms with Crippen LogP contribution in [0.15, 0.2) is 0 Å². The third kappa shape index (κ3) is 5.98. The maximum absolute atomic E-state index is 6.23. The van der Waals surface area contributed by atoms with Gasteiger partial charge in [-0.05, 0) is 74.0 Å². The molecule has 2 fully saturated rings. The molecule has 0 aromatic rings. The highest BCUT2D eigenvalue weighted by Crippen LogP contribution is 2.36. The van der Waals surface area contributed by atoms with Crippen LogP contribution >= 0.6 is 0 Å². The summed E-state index contributed by atoms with van der Waals surface area (Å²) in [6.07, 6.45) is 4.30. The van der Waals surface area contributed by atoms with Gasteiger partial charge in [0.15, 0.2) is 5.79 Å². The van der Waals surface area contributed by atoms with Gasteiger partial charge in [-0.3, -0.25) is 0 Å². The van der Waals surface area contributed by atoms with E-state index in [1.54, 1.807) is 0 Å². The highest BCUT2D eigenvalue weighted by molar-refractivity contribution is 4.91. The summed E-state index contributed by atoms with van der Waals surface area (Å²) in [4.78, 5) is 2.20. The van der Waals surface area contributed by atoms with Crippen molar-refractivity contribution in [2.45, 2.75) is 83.1 Å². The van der Waals surface area contributed by atoms with Crippen molar-refractivity contribution in [3.8, 4) is 0 Å². The number of hydrogen-bond acceptors (Lipinski definition) is 5. The SMILES string of the molecule is CN(C)CCCCOC(C1CCC(C)(C)O1)C1COC(C)(C)O1. The first-order chi connectivity index (χ1) is 10.7. The Bertz CT molecular complexity index is 344. The first-order valence-corrected chi connectivity index (χ1v) is 8.94. The molecular formula is C18H35NO4. The van der Waals surface area contributed by atoms with E-state index in [4.69, 9.17) is 18.9 Å². The summed E-state index contributed by atoms with van der Waals surface area (Å²) in [6, 6.07) is 0. The van der Waals surface area contributed by atoms with Gasteiger partial charge in [0.05, 0.1) is 18.3 Å². The summed E-state index contributed by atoms with van der Waals surface area (Å²) in [7, 11) is 4.20. The predicted octanol–water partition coefficient (Wildman–Crippen LogP) is 2.82. The minimum atomic E-state index is -0.522. The highest BCUT2D eigenvalue weighted by atomic mass is 16.8. The van der Waals surface area contributed by atoms with Crippen LogP contribution in [0.5, 0.6) is 0 Å². The van der Waals surface area contributed by atoms with Crippen molar-refractivity contribution in [2.24, 2.45) is 0 Å². The van der Waals surface area contributed by atoms with Crippen LogP contribution in [0.4, 0.5) is 0 Å². The van der Waals surface area contributed by atoms with Gasteiger partial charge in [0, 0.05) is 6.61 Å². The Labute approximate surface area is 141 Å². The van der Waals surface area contributed by atoms with Crippen LogP contribution in [0.2, 0.25) is 0 Å². The van der Waals surface area contributed by atoms with Crippen molar-refractivity contribution in [3.05, 3.63) is 0 Å². The maximum atomic E-state index is 6.23. The van der Waals surface area contributed by atoms with Crippen molar-refractivity contribution >= 4 is 0 Å². The van der Waals surface area contributed by atoms with Crippen molar-refractivity contribution in [1.29, 1.82) is 0 Å². The zero-order valence-electron chi connectivity index (χ0n) is 15.8. The molecule has 0 aromatic carbocycles. The molecule has 0 aliphatic carbocycles. The molecule has 0 saturated carbocycles. The van der Waals surface area contributed by atoms with Crippen LogP contribution < -0.4 is 0 Å². The van der Waals surface area contributed by atoms with Crippen LogP contribution in [0.3, 0.4) is 0 Å². The molecule has 3 unspecified atom stereocenters. The van der Waals surface area contributed by atoms with Gasteiger partial charge in [0.25, 0.3) is 0 Å². The minimum Gasteiger partial charge on any atom is -0.373 e. The van der Waals surface area contributed by atoms with Crippen LogP contribution in [0, 0.1) is 0 Å². The average molecular weight is 329 g/mol. The summed E-state index contributed by atoms with van der Waals surface area (Å²) >= 11 is 0. The van der Waals surface area contributed by atoms with Crippen molar-refractivity contribution in [1.82, 2.24) is 4.90 Å². The topological polar surface area (TPSA) is 40.2 Å². The Hall–Kier alpha value is -0.200. The zero-order chi connectivity index (χ0) is 17.1. The van der Waals surface area contributed by atoms with E-state index in [9.17, 15) is 0 Å². The van der Waals surface area contributed by atoms with E-state index in [0.29, 0.717) is 6.61 Å². The van der Waals surface area contributed by atoms with Gasteiger partial charge >= 0.3 is 0 Å². The number of nitrogens with zero attached hydrogens (tertiary/aromatic N) is 1. The van der Waals surface area contributed by atoms with E-state index >= 15 is 0 Å². The molecule has 3 atom stereocenters. The van der Waals surface area contributed by atoms with Gasteiger partial charge < -0.3 is 23.8 Å². The van der Waals surface area contributed by atoms with Crippen molar-refractivity contribution < 1.29 is 18.9 Å². The predicted molar refractivity (Wildman–Crippen MR) is 90.6 cm³/mol. The Balaban J connectivity index is 1.87. The lowest BCUT2D eigenvalue weighted by molar-refractivity contribution is -0.178. The van der Waals surface area contributed by atoms with Gasteiger partial charge in [-0.2, -0.15) is 0 Å². The number of unbranched alkanes of at least 4 members (excludes halogenated alkanes) is 1. The molecule has 0 aromatic heterocycles. The van der Waals surface area contributed by atoms with Crippen molar-refractivity contribution in [2.75, 3.05) is 33.9 Å². The fourth-order valence-electron chi connectivity index (χ4n) is 3.33. The fourth-order valence-corrected chi connectivity index (χ4v) is 3.33. The molecule has 0 bridgehead atoms. The lowest BCUT2D eigenvalue weighted by Crippen LogP contribution is -2.43. The molecule has 2 aliphatic heterocycles. The summed E-state index contributed by atoms with van der Waals surface area (Å²) in [5.41, 5.74) is -0.0633. The first kappa shape index (κ1) is 19.1. The van der Waals surface area contributed by atoms with Crippen LogP contribution in [0.1, 0.15) is 53.4 Å². The van der Waals surface area contributed by atoms with Crippen LogP contribution in [-0.4, -0.2) is 68.5 Å². The molecule has 0 N–H and O–H groups in total. The van der Waals surface area contributed by atoms with Gasteiger partial charge in [-0.25, -0.2) is 0 Å². The smallest absolute Gasteiger partial charge is 0.163 e. The lowest BCUT2D eigenvalue weighted by atomic mass is 10.0. The molecule has 0 amide bonds. The second kappa shape index (κ2) is 7.79. The molecule has 2 rings (SSSR count). The Morgan fingerprint density at radius 1 is 1.09 bits per heavy atom. The van der Waals surface area contributed by atoms with Gasteiger partial charge in [0.1, 0.15) is 12.2 Å². The summed E-state index contributed by atoms with van der Waals surface area (Å²) in [5, 5.41) is 0. The monoisotopic (exact) mass is 329 g/mol. The molecule has 5 heteroatoms. The largest absolute Gasteiger partial charge is 0.373 e. The van der Waals surface area contributed by atoms with Gasteiger partial charge in [0.2, 0.25) is 0 Å². The Morgan fingerprint density at radius 3 is 2.35 bits per heavy atom. The fraction of sp³-hybridized carbons (Fsp3) is 1.00. The van der Waals surface area contributed by atoms with E-state index in [0.717, 1.165) is 38.8 Å². The third-order valence-electron chi connectivity index (χ3n) is 4.57. The minimum absolute atomic E-state index is 0.0436. The third-order valence-corrected chi connectivity index (χ3v) is 4.57. The van der Waals surface area contributed by atoms with Crippen molar-refractivity contribution in [3.63, 3.8) is 0 Å². The number of hydrogen-bond donors (Lipinski definition) is 0. The lowest BCUT2D eigenvalue weighted by Gasteiger charge is -2.30. The molecule has 5 nitrogen and oxygen atoms in total. The number of rotatable bonds is 8. The van der Waals surface area contributed by atoms with E-state index in [2.05, 4.69) is 32.8 Å². The van der Waals surface area contributed by atoms with Gasteiger partial charge in [-0.15, -0.1) is 0 Å². The maximum Gasteiger partial charge on any atom is 0.163 e. The zero-order valence-corrected chi connectivity index (χ0v) is 15.8. The Kier molecular flexibility index (Phi) is 6.48. The second-order valence-corrected chi connectivity index (χ2v) is 8.17. The van der Waals surface area contributed by atoms with E-state index in [1.165, 1.54) is 0 Å². The quantitative estimate of drug-likeness (QED) is 0.641. The molecule has 2 aliphatic rings. The molecule has 23 heavy (non-hydrogen) atoms. The standard InChI is InChI=1S/C18H35NO4/c1-17(2)10-9-14(22-17)16(15-13-21-18(3,4)23-15)20-12-8-7-11-19(5)6/h14-16H,7-13H2,1-6H3. The summed E-state index contributed by atoms with van der Waals surface area (Å²) in [5.74, 6) is -0.522. The summed E-state index contributed by atoms with van der Waals surface area (Å²) in [6.45, 7) is 10.6. The average Bonchev–Trinajstić information content (AvgIpc) is 2.96. The van der Waals surface area contributed by atoms with E-state index in [1.807, 2.05) is 13.8 Å². The highest BCUT2D eigenvalue weighted by Gasteiger charge is 2.45. The molecular weight excluding hydrogens is 294 g/mol. The van der Waals surface area contributed by atoms with Crippen LogP contribution in [0.25, 0.3) is 0 Å². The normalized spacial score (nSPS) is 30.9.